The number of carbonyl (C=O) groups excluding carboxylic acids is 2. The van der Waals surface area contributed by atoms with Gasteiger partial charge in [0.1, 0.15) is 12.4 Å². The number of rotatable bonds is 8. The fourth-order valence-electron chi connectivity index (χ4n) is 4.08. The summed E-state index contributed by atoms with van der Waals surface area (Å²) < 4.78 is 12.6. The summed E-state index contributed by atoms with van der Waals surface area (Å²) >= 11 is 6.02. The van der Waals surface area contributed by atoms with E-state index in [-0.39, 0.29) is 5.91 Å². The van der Waals surface area contributed by atoms with Gasteiger partial charge in [0.05, 0.1) is 36.3 Å². The molecule has 1 amide bonds. The van der Waals surface area contributed by atoms with Crippen LogP contribution in [0, 0.1) is 20.8 Å². The van der Waals surface area contributed by atoms with Crippen molar-refractivity contribution in [1.82, 2.24) is 9.78 Å². The number of benzene rings is 3. The van der Waals surface area contributed by atoms with Crippen LogP contribution in [0.5, 0.6) is 5.75 Å². The molecule has 0 aliphatic carbocycles. The number of halogens is 1. The highest BCUT2D eigenvalue weighted by atomic mass is 35.5. The van der Waals surface area contributed by atoms with Gasteiger partial charge in [-0.05, 0) is 73.9 Å². The molecule has 0 aliphatic rings. The summed E-state index contributed by atoms with van der Waals surface area (Å²) in [7, 11) is 1.36. The van der Waals surface area contributed by atoms with Gasteiger partial charge in [-0.15, -0.1) is 0 Å². The lowest BCUT2D eigenvalue weighted by Gasteiger charge is -2.11. The number of ether oxygens (including phenoxy) is 2. The second-order valence-corrected chi connectivity index (χ2v) is 9.14. The van der Waals surface area contributed by atoms with Crippen LogP contribution in [-0.2, 0) is 17.9 Å². The van der Waals surface area contributed by atoms with E-state index in [1.54, 1.807) is 28.9 Å². The zero-order chi connectivity index (χ0) is 26.5. The minimum atomic E-state index is -0.402. The van der Waals surface area contributed by atoms with E-state index in [4.69, 9.17) is 21.1 Å². The SMILES string of the molecule is COC(=O)c1ccccc1Cn1nc(C)c(NC(=O)c2cccc(COc3ccc(Cl)cc3C)c2)c1C. The number of amides is 1. The van der Waals surface area contributed by atoms with Crippen LogP contribution >= 0.6 is 11.6 Å². The van der Waals surface area contributed by atoms with Gasteiger partial charge >= 0.3 is 5.97 Å². The van der Waals surface area contributed by atoms with Gasteiger partial charge in [-0.1, -0.05) is 41.9 Å². The van der Waals surface area contributed by atoms with Crippen molar-refractivity contribution >= 4 is 29.2 Å². The Morgan fingerprint density at radius 2 is 1.78 bits per heavy atom. The van der Waals surface area contributed by atoms with Crippen LogP contribution in [0.4, 0.5) is 5.69 Å². The van der Waals surface area contributed by atoms with Gasteiger partial charge in [0.15, 0.2) is 0 Å². The van der Waals surface area contributed by atoms with E-state index in [0.717, 1.165) is 28.1 Å². The Bertz CT molecular complexity index is 1460. The van der Waals surface area contributed by atoms with Gasteiger partial charge < -0.3 is 14.8 Å². The zero-order valence-corrected chi connectivity index (χ0v) is 21.9. The highest BCUT2D eigenvalue weighted by Crippen LogP contribution is 2.24. The Balaban J connectivity index is 1.48. The number of methoxy groups -OCH3 is 1. The molecular weight excluding hydrogens is 490 g/mol. The summed E-state index contributed by atoms with van der Waals surface area (Å²) in [4.78, 5) is 25.3. The van der Waals surface area contributed by atoms with Crippen molar-refractivity contribution in [3.63, 3.8) is 0 Å². The minimum absolute atomic E-state index is 0.245. The molecule has 0 atom stereocenters. The summed E-state index contributed by atoms with van der Waals surface area (Å²) in [5.41, 5.74) is 5.68. The lowest BCUT2D eigenvalue weighted by Crippen LogP contribution is -2.14. The largest absolute Gasteiger partial charge is 0.489 e. The summed E-state index contributed by atoms with van der Waals surface area (Å²) in [6.07, 6.45) is 0. The summed E-state index contributed by atoms with van der Waals surface area (Å²) in [6.45, 7) is 6.34. The molecule has 1 heterocycles. The van der Waals surface area contributed by atoms with Gasteiger partial charge in [-0.25, -0.2) is 4.79 Å². The highest BCUT2D eigenvalue weighted by Gasteiger charge is 2.18. The molecule has 1 N–H and O–H groups in total. The van der Waals surface area contributed by atoms with E-state index in [0.29, 0.717) is 40.7 Å². The number of aryl methyl sites for hydroxylation is 2. The maximum atomic E-state index is 13.1. The second-order valence-electron chi connectivity index (χ2n) is 8.71. The number of anilines is 1. The monoisotopic (exact) mass is 517 g/mol. The van der Waals surface area contributed by atoms with E-state index >= 15 is 0 Å². The summed E-state index contributed by atoms with van der Waals surface area (Å²) in [5, 5.41) is 8.25. The average molecular weight is 518 g/mol. The van der Waals surface area contributed by atoms with Crippen LogP contribution in [0.25, 0.3) is 0 Å². The number of esters is 1. The first-order valence-electron chi connectivity index (χ1n) is 11.8. The second kappa shape index (κ2) is 11.3. The fraction of sp³-hybridized carbons (Fsp3) is 0.207. The van der Waals surface area contributed by atoms with Crippen molar-refractivity contribution in [2.75, 3.05) is 12.4 Å². The van der Waals surface area contributed by atoms with Crippen LogP contribution in [-0.4, -0.2) is 28.8 Å². The van der Waals surface area contributed by atoms with Crippen LogP contribution in [0.15, 0.2) is 66.7 Å². The van der Waals surface area contributed by atoms with Crippen molar-refractivity contribution in [1.29, 1.82) is 0 Å². The number of nitrogens with one attached hydrogen (secondary N) is 1. The number of carbonyl (C=O) groups is 2. The van der Waals surface area contributed by atoms with E-state index < -0.39 is 5.97 Å². The predicted octanol–water partition coefficient (Wildman–Crippen LogP) is 6.13. The summed E-state index contributed by atoms with van der Waals surface area (Å²) in [6, 6.07) is 20.0. The molecule has 37 heavy (non-hydrogen) atoms. The molecule has 0 saturated carbocycles. The molecule has 7 nitrogen and oxygen atoms in total. The first-order chi connectivity index (χ1) is 17.8. The van der Waals surface area contributed by atoms with Crippen molar-refractivity contribution in [2.24, 2.45) is 0 Å². The van der Waals surface area contributed by atoms with Gasteiger partial charge in [-0.2, -0.15) is 5.10 Å². The van der Waals surface area contributed by atoms with Crippen LogP contribution in [0.2, 0.25) is 5.02 Å². The van der Waals surface area contributed by atoms with Crippen LogP contribution in [0.3, 0.4) is 0 Å². The molecule has 3 aromatic carbocycles. The van der Waals surface area contributed by atoms with Gasteiger partial charge in [-0.3, -0.25) is 9.48 Å². The summed E-state index contributed by atoms with van der Waals surface area (Å²) in [5.74, 6) is 0.0951. The highest BCUT2D eigenvalue weighted by molar-refractivity contribution is 6.30. The normalized spacial score (nSPS) is 10.7. The molecule has 0 aliphatic heterocycles. The van der Waals surface area contributed by atoms with Gasteiger partial charge in [0, 0.05) is 10.6 Å². The number of hydrogen-bond acceptors (Lipinski definition) is 5. The zero-order valence-electron chi connectivity index (χ0n) is 21.2. The van der Waals surface area contributed by atoms with E-state index in [9.17, 15) is 9.59 Å². The lowest BCUT2D eigenvalue weighted by molar-refractivity contribution is 0.0599. The minimum Gasteiger partial charge on any atom is -0.489 e. The fourth-order valence-corrected chi connectivity index (χ4v) is 4.31. The third-order valence-corrected chi connectivity index (χ3v) is 6.32. The maximum Gasteiger partial charge on any atom is 0.338 e. The van der Waals surface area contributed by atoms with Crippen LogP contribution < -0.4 is 10.1 Å². The molecule has 4 rings (SSSR count). The van der Waals surface area contributed by atoms with Crippen molar-refractivity contribution in [2.45, 2.75) is 33.9 Å². The van der Waals surface area contributed by atoms with E-state index in [1.165, 1.54) is 7.11 Å². The van der Waals surface area contributed by atoms with Gasteiger partial charge in [0.2, 0.25) is 0 Å². The first-order valence-corrected chi connectivity index (χ1v) is 12.1. The van der Waals surface area contributed by atoms with E-state index in [2.05, 4.69) is 10.4 Å². The molecule has 0 radical (unpaired) electrons. The molecule has 8 heteroatoms. The molecule has 0 unspecified atom stereocenters. The smallest absolute Gasteiger partial charge is 0.338 e. The van der Waals surface area contributed by atoms with E-state index in [1.807, 2.05) is 63.2 Å². The third kappa shape index (κ3) is 6.01. The van der Waals surface area contributed by atoms with Crippen molar-refractivity contribution in [3.05, 3.63) is 111 Å². The quantitative estimate of drug-likeness (QED) is 0.284. The predicted molar refractivity (Wildman–Crippen MR) is 144 cm³/mol. The Morgan fingerprint density at radius 3 is 2.54 bits per heavy atom. The standard InChI is InChI=1S/C29H28ClN3O4/c1-18-14-24(30)12-13-26(18)37-17-21-8-7-10-22(15-21)28(34)31-27-19(2)32-33(20(27)3)16-23-9-5-6-11-25(23)29(35)36-4/h5-15H,16-17H2,1-4H3,(H,31,34). The lowest BCUT2D eigenvalue weighted by atomic mass is 10.1. The molecular formula is C29H28ClN3O4. The third-order valence-electron chi connectivity index (χ3n) is 6.08. The van der Waals surface area contributed by atoms with Crippen molar-refractivity contribution < 1.29 is 19.1 Å². The number of nitrogens with zero attached hydrogens (tertiary/aromatic N) is 2. The molecule has 0 fully saturated rings. The maximum absolute atomic E-state index is 13.1. The number of hydrogen-bond donors (Lipinski definition) is 1. The molecule has 190 valence electrons. The Kier molecular flexibility index (Phi) is 7.94. The average Bonchev–Trinajstić information content (AvgIpc) is 3.15. The Hall–Kier alpha value is -4.10. The van der Waals surface area contributed by atoms with Gasteiger partial charge in [0.25, 0.3) is 5.91 Å². The molecule has 0 spiro atoms. The topological polar surface area (TPSA) is 82.5 Å². The molecule has 0 saturated heterocycles. The molecule has 1 aromatic heterocycles. The first kappa shape index (κ1) is 26.0. The molecule has 4 aromatic rings. The Labute approximate surface area is 221 Å². The van der Waals surface area contributed by atoms with Crippen LogP contribution in [0.1, 0.15) is 48.8 Å². The van der Waals surface area contributed by atoms with Crippen molar-refractivity contribution in [3.8, 4) is 5.75 Å². The molecule has 0 bridgehead atoms. The Morgan fingerprint density at radius 1 is 1.00 bits per heavy atom. The number of aromatic nitrogens is 2.